The third-order valence-corrected chi connectivity index (χ3v) is 3.56. The number of halogens is 3. The zero-order valence-electron chi connectivity index (χ0n) is 7.23. The van der Waals surface area contributed by atoms with Gasteiger partial charge in [0.2, 0.25) is 0 Å². The number of hydrogen-bond donors (Lipinski definition) is 2. The van der Waals surface area contributed by atoms with Crippen molar-refractivity contribution < 1.29 is 26.5 Å². The average Bonchev–Trinajstić information content (AvgIpc) is 2.17. The molecule has 0 unspecified atom stereocenters. The molecular weight excluding hydrogens is 233 g/mol. The lowest BCUT2D eigenvalue weighted by molar-refractivity contribution is 0.351. The van der Waals surface area contributed by atoms with Gasteiger partial charge in [-0.2, -0.15) is 13.2 Å². The standard InChI is InChI=1S/C8H7F3O3S/c9-7(10)8(11)15(12,13,14)6-4-2-1-3-5-6/h1-5H,(H2,12,13,14). The summed E-state index contributed by atoms with van der Waals surface area (Å²) < 4.78 is 66.0. The van der Waals surface area contributed by atoms with Crippen molar-refractivity contribution in [1.82, 2.24) is 0 Å². The molecule has 0 aromatic heterocycles. The fraction of sp³-hybridized carbons (Fsp3) is 0. The van der Waals surface area contributed by atoms with Gasteiger partial charge in [-0.1, -0.05) is 18.2 Å². The Balaban J connectivity index is 3.47. The highest BCUT2D eigenvalue weighted by Gasteiger charge is 2.42. The van der Waals surface area contributed by atoms with Crippen LogP contribution in [0.25, 0.3) is 0 Å². The maximum atomic E-state index is 12.7. The van der Waals surface area contributed by atoms with Gasteiger partial charge in [0.1, 0.15) is 0 Å². The third kappa shape index (κ3) is 2.09. The third-order valence-electron chi connectivity index (χ3n) is 1.64. The van der Waals surface area contributed by atoms with E-state index < -0.39 is 25.8 Å². The molecule has 3 nitrogen and oxygen atoms in total. The number of rotatable bonds is 2. The highest BCUT2D eigenvalue weighted by molar-refractivity contribution is 8.13. The van der Waals surface area contributed by atoms with Crippen LogP contribution >= 0.6 is 0 Å². The Morgan fingerprint density at radius 2 is 1.53 bits per heavy atom. The molecule has 0 heterocycles. The monoisotopic (exact) mass is 240 g/mol. The lowest BCUT2D eigenvalue weighted by Gasteiger charge is -2.27. The second kappa shape index (κ2) is 3.44. The molecule has 15 heavy (non-hydrogen) atoms. The first-order valence-electron chi connectivity index (χ1n) is 3.67. The van der Waals surface area contributed by atoms with E-state index in [2.05, 4.69) is 0 Å². The van der Waals surface area contributed by atoms with Crippen molar-refractivity contribution in [2.45, 2.75) is 4.90 Å². The minimum absolute atomic E-state index is 0.820. The van der Waals surface area contributed by atoms with Gasteiger partial charge in [-0.25, -0.2) is 4.21 Å². The van der Waals surface area contributed by atoms with Crippen LogP contribution in [0.2, 0.25) is 0 Å². The van der Waals surface area contributed by atoms with Crippen molar-refractivity contribution in [2.24, 2.45) is 0 Å². The van der Waals surface area contributed by atoms with Gasteiger partial charge in [0.15, 0.2) is 9.63 Å². The van der Waals surface area contributed by atoms with E-state index in [9.17, 15) is 17.4 Å². The maximum absolute atomic E-state index is 12.7. The minimum atomic E-state index is -6.24. The van der Waals surface area contributed by atoms with Gasteiger partial charge < -0.3 is 0 Å². The first kappa shape index (κ1) is 11.9. The zero-order valence-corrected chi connectivity index (χ0v) is 8.05. The Hall–Kier alpha value is -1.18. The second-order valence-corrected chi connectivity index (χ2v) is 5.27. The molecule has 0 saturated carbocycles. The van der Waals surface area contributed by atoms with Crippen LogP contribution in [0.4, 0.5) is 13.2 Å². The Kier molecular flexibility index (Phi) is 2.73. The van der Waals surface area contributed by atoms with Crippen molar-refractivity contribution in [3.8, 4) is 0 Å². The molecule has 84 valence electrons. The molecule has 2 N–H and O–H groups in total. The summed E-state index contributed by atoms with van der Waals surface area (Å²) in [5, 5.41) is -2.72. The van der Waals surface area contributed by atoms with Crippen LogP contribution in [-0.2, 0) is 9.63 Å². The van der Waals surface area contributed by atoms with E-state index in [1.54, 1.807) is 0 Å². The van der Waals surface area contributed by atoms with Gasteiger partial charge in [0.25, 0.3) is 5.16 Å². The summed E-state index contributed by atoms with van der Waals surface area (Å²) in [5.41, 5.74) is 0. The minimum Gasteiger partial charge on any atom is -0.299 e. The van der Waals surface area contributed by atoms with E-state index in [1.807, 2.05) is 0 Å². The first-order chi connectivity index (χ1) is 6.74. The molecule has 0 aliphatic carbocycles. The van der Waals surface area contributed by atoms with E-state index in [0.717, 1.165) is 12.1 Å². The van der Waals surface area contributed by atoms with Crippen molar-refractivity contribution in [2.75, 3.05) is 0 Å². The molecule has 1 aromatic carbocycles. The van der Waals surface area contributed by atoms with Crippen LogP contribution in [0.3, 0.4) is 0 Å². The molecule has 0 atom stereocenters. The Labute approximate surface area is 83.3 Å². The molecule has 7 heteroatoms. The smallest absolute Gasteiger partial charge is 0.299 e. The normalized spacial score (nSPS) is 14.1. The SMILES string of the molecule is O=S(O)(O)(C(F)=C(F)F)c1ccccc1. The van der Waals surface area contributed by atoms with Crippen LogP contribution in [0.15, 0.2) is 46.5 Å². The average molecular weight is 240 g/mol. The van der Waals surface area contributed by atoms with Crippen molar-refractivity contribution >= 4 is 9.63 Å². The van der Waals surface area contributed by atoms with Gasteiger partial charge in [0, 0.05) is 0 Å². The second-order valence-electron chi connectivity index (χ2n) is 2.71. The topological polar surface area (TPSA) is 57.5 Å². The fourth-order valence-corrected chi connectivity index (χ4v) is 2.04. The van der Waals surface area contributed by atoms with Crippen LogP contribution in [0.1, 0.15) is 0 Å². The molecule has 0 fully saturated rings. The quantitative estimate of drug-likeness (QED) is 0.835. The summed E-state index contributed by atoms with van der Waals surface area (Å²) in [6, 6.07) is 5.58. The summed E-state index contributed by atoms with van der Waals surface area (Å²) in [5.74, 6) is 0. The Morgan fingerprint density at radius 1 is 1.07 bits per heavy atom. The fourth-order valence-electron chi connectivity index (χ4n) is 0.908. The van der Waals surface area contributed by atoms with Gasteiger partial charge >= 0.3 is 6.08 Å². The molecule has 1 rings (SSSR count). The summed E-state index contributed by atoms with van der Waals surface area (Å²) >= 11 is 0. The van der Waals surface area contributed by atoms with E-state index in [4.69, 9.17) is 9.11 Å². The summed E-state index contributed by atoms with van der Waals surface area (Å²) in [7, 11) is -6.24. The summed E-state index contributed by atoms with van der Waals surface area (Å²) in [6.45, 7) is 0. The van der Waals surface area contributed by atoms with E-state index in [1.165, 1.54) is 18.2 Å². The molecule has 0 amide bonds. The molecule has 1 aromatic rings. The lowest BCUT2D eigenvalue weighted by Crippen LogP contribution is -2.32. The predicted molar refractivity (Wildman–Crippen MR) is 48.5 cm³/mol. The van der Waals surface area contributed by atoms with Gasteiger partial charge in [-0.05, 0) is 12.1 Å². The Morgan fingerprint density at radius 3 is 1.93 bits per heavy atom. The Bertz CT molecular complexity index is 459. The molecule has 0 radical (unpaired) electrons. The van der Waals surface area contributed by atoms with Gasteiger partial charge in [0.05, 0.1) is 4.90 Å². The highest BCUT2D eigenvalue weighted by atomic mass is 32.3. The number of hydrogen-bond acceptors (Lipinski definition) is 1. The van der Waals surface area contributed by atoms with Crippen molar-refractivity contribution in [3.05, 3.63) is 41.6 Å². The molecule has 0 aliphatic rings. The van der Waals surface area contributed by atoms with E-state index in [-0.39, 0.29) is 0 Å². The molecule has 0 aliphatic heterocycles. The van der Waals surface area contributed by atoms with Gasteiger partial charge in [-0.3, -0.25) is 9.11 Å². The predicted octanol–water partition coefficient (Wildman–Crippen LogP) is 2.85. The van der Waals surface area contributed by atoms with Crippen molar-refractivity contribution in [3.63, 3.8) is 0 Å². The van der Waals surface area contributed by atoms with E-state index >= 15 is 0 Å². The molecule has 0 bridgehead atoms. The zero-order chi connectivity index (χ0) is 11.7. The largest absolute Gasteiger partial charge is 0.318 e. The van der Waals surface area contributed by atoms with Crippen LogP contribution in [0.5, 0.6) is 0 Å². The molecule has 0 saturated heterocycles. The first-order valence-corrected chi connectivity index (χ1v) is 5.55. The van der Waals surface area contributed by atoms with E-state index in [0.29, 0.717) is 0 Å². The molecular formula is C8H7F3O3S. The van der Waals surface area contributed by atoms with Crippen LogP contribution in [-0.4, -0.2) is 13.3 Å². The van der Waals surface area contributed by atoms with Crippen LogP contribution in [0, 0.1) is 0 Å². The lowest BCUT2D eigenvalue weighted by atomic mass is 10.4. The summed E-state index contributed by atoms with van der Waals surface area (Å²) in [4.78, 5) is -0.820. The van der Waals surface area contributed by atoms with Crippen molar-refractivity contribution in [1.29, 1.82) is 0 Å². The van der Waals surface area contributed by atoms with Crippen LogP contribution < -0.4 is 0 Å². The number of benzene rings is 1. The highest BCUT2D eigenvalue weighted by Crippen LogP contribution is 2.39. The molecule has 0 spiro atoms. The summed E-state index contributed by atoms with van der Waals surface area (Å²) in [6.07, 6.45) is -3.03. The van der Waals surface area contributed by atoms with Gasteiger partial charge in [-0.15, -0.1) is 0 Å². The maximum Gasteiger partial charge on any atom is 0.318 e.